The van der Waals surface area contributed by atoms with Crippen LogP contribution in [0.4, 0.5) is 0 Å². The molecule has 1 amide bonds. The van der Waals surface area contributed by atoms with Crippen molar-refractivity contribution in [2.45, 2.75) is 45.1 Å². The lowest BCUT2D eigenvalue weighted by molar-refractivity contribution is 0.0923. The Kier molecular flexibility index (Phi) is 4.13. The predicted molar refractivity (Wildman–Crippen MR) is 83.0 cm³/mol. The van der Waals surface area contributed by atoms with E-state index in [0.717, 1.165) is 24.3 Å². The Morgan fingerprint density at radius 3 is 2.76 bits per heavy atom. The van der Waals surface area contributed by atoms with Gasteiger partial charge in [-0.25, -0.2) is 0 Å². The highest BCUT2D eigenvalue weighted by Gasteiger charge is 2.22. The van der Waals surface area contributed by atoms with Gasteiger partial charge in [0.25, 0.3) is 5.91 Å². The van der Waals surface area contributed by atoms with E-state index in [9.17, 15) is 4.79 Å². The maximum absolute atomic E-state index is 12.5. The first-order valence-electron chi connectivity index (χ1n) is 7.78. The zero-order valence-electron chi connectivity index (χ0n) is 12.4. The maximum atomic E-state index is 12.5. The summed E-state index contributed by atoms with van der Waals surface area (Å²) in [5.74, 6) is 0.808. The topological polar surface area (TPSA) is 54.9 Å². The quantitative estimate of drug-likeness (QED) is 0.940. The van der Waals surface area contributed by atoms with E-state index in [2.05, 4.69) is 22.2 Å². The van der Waals surface area contributed by atoms with Crippen molar-refractivity contribution < 1.29 is 4.79 Å². The van der Waals surface area contributed by atoms with Crippen molar-refractivity contribution in [3.8, 4) is 0 Å². The van der Waals surface area contributed by atoms with Crippen molar-refractivity contribution in [2.75, 3.05) is 0 Å². The molecule has 1 aliphatic carbocycles. The van der Waals surface area contributed by atoms with Crippen LogP contribution in [0.5, 0.6) is 0 Å². The number of hydrogen-bond acceptors (Lipinski definition) is 3. The highest BCUT2D eigenvalue weighted by atomic mass is 16.1. The monoisotopic (exact) mass is 283 g/mol. The Morgan fingerprint density at radius 1 is 1.19 bits per heavy atom. The Morgan fingerprint density at radius 2 is 2.00 bits per heavy atom. The molecule has 3 rings (SSSR count). The summed E-state index contributed by atoms with van der Waals surface area (Å²) in [4.78, 5) is 21.0. The Hall–Kier alpha value is -1.97. The molecule has 0 unspecified atom stereocenters. The number of carbonyl (C=O) groups excluding carboxylic acids is 1. The maximum Gasteiger partial charge on any atom is 0.253 e. The number of hydrogen-bond donors (Lipinski definition) is 1. The molecule has 1 fully saturated rings. The lowest BCUT2D eigenvalue weighted by Gasteiger charge is -2.28. The van der Waals surface area contributed by atoms with Crippen LogP contribution in [0.1, 0.15) is 49.4 Å². The molecule has 0 aliphatic heterocycles. The van der Waals surface area contributed by atoms with E-state index in [4.69, 9.17) is 0 Å². The minimum atomic E-state index is -0.0268. The predicted octanol–water partition coefficient (Wildman–Crippen LogP) is 3.33. The van der Waals surface area contributed by atoms with Crippen LogP contribution >= 0.6 is 0 Å². The normalized spacial score (nSPS) is 22.1. The second-order valence-electron chi connectivity index (χ2n) is 5.83. The van der Waals surface area contributed by atoms with Crippen LogP contribution in [0.25, 0.3) is 11.0 Å². The molecule has 2 aromatic heterocycles. The number of rotatable bonds is 3. The van der Waals surface area contributed by atoms with Crippen molar-refractivity contribution in [3.05, 3.63) is 36.2 Å². The summed E-state index contributed by atoms with van der Waals surface area (Å²) in [6.07, 6.45) is 9.23. The number of carbonyl (C=O) groups is 1. The van der Waals surface area contributed by atoms with Gasteiger partial charge in [0, 0.05) is 18.4 Å². The first-order chi connectivity index (χ1) is 10.3. The molecule has 0 radical (unpaired) electrons. The van der Waals surface area contributed by atoms with Gasteiger partial charge < -0.3 is 5.32 Å². The SMILES string of the molecule is CCC1CCC(NC(=O)c2ccnc3cccnc23)CC1. The van der Waals surface area contributed by atoms with Gasteiger partial charge >= 0.3 is 0 Å². The van der Waals surface area contributed by atoms with E-state index in [-0.39, 0.29) is 5.91 Å². The third-order valence-electron chi connectivity index (χ3n) is 4.50. The minimum Gasteiger partial charge on any atom is -0.349 e. The molecule has 2 heterocycles. The van der Waals surface area contributed by atoms with Crippen LogP contribution in [0.2, 0.25) is 0 Å². The average molecular weight is 283 g/mol. The fourth-order valence-electron chi connectivity index (χ4n) is 3.14. The molecule has 0 spiro atoms. The van der Waals surface area contributed by atoms with Crippen LogP contribution in [-0.2, 0) is 0 Å². The van der Waals surface area contributed by atoms with Gasteiger partial charge in [-0.3, -0.25) is 14.8 Å². The summed E-state index contributed by atoms with van der Waals surface area (Å²) < 4.78 is 0. The van der Waals surface area contributed by atoms with E-state index in [1.165, 1.54) is 19.3 Å². The average Bonchev–Trinajstić information content (AvgIpc) is 2.55. The number of fused-ring (bicyclic) bond motifs is 1. The van der Waals surface area contributed by atoms with Crippen LogP contribution in [-0.4, -0.2) is 21.9 Å². The van der Waals surface area contributed by atoms with Crippen molar-refractivity contribution in [3.63, 3.8) is 0 Å². The van der Waals surface area contributed by atoms with E-state index in [1.807, 2.05) is 12.1 Å². The van der Waals surface area contributed by atoms with Gasteiger partial charge in [0.2, 0.25) is 0 Å². The second-order valence-corrected chi connectivity index (χ2v) is 5.83. The van der Waals surface area contributed by atoms with Crippen LogP contribution in [0.15, 0.2) is 30.6 Å². The molecule has 2 aromatic rings. The molecule has 4 nitrogen and oxygen atoms in total. The molecule has 1 aliphatic rings. The van der Waals surface area contributed by atoms with E-state index in [1.54, 1.807) is 18.5 Å². The molecule has 1 N–H and O–H groups in total. The molecular weight excluding hydrogens is 262 g/mol. The smallest absolute Gasteiger partial charge is 0.253 e. The van der Waals surface area contributed by atoms with E-state index in [0.29, 0.717) is 17.1 Å². The molecule has 0 bridgehead atoms. The number of amides is 1. The van der Waals surface area contributed by atoms with Crippen molar-refractivity contribution in [1.82, 2.24) is 15.3 Å². The summed E-state index contributed by atoms with van der Waals surface area (Å²) in [6, 6.07) is 5.77. The van der Waals surface area contributed by atoms with Crippen molar-refractivity contribution in [1.29, 1.82) is 0 Å². The van der Waals surface area contributed by atoms with Crippen molar-refractivity contribution in [2.24, 2.45) is 5.92 Å². The van der Waals surface area contributed by atoms with Gasteiger partial charge in [-0.15, -0.1) is 0 Å². The third kappa shape index (κ3) is 3.04. The summed E-state index contributed by atoms with van der Waals surface area (Å²) in [5, 5.41) is 3.17. The molecular formula is C17H21N3O. The highest BCUT2D eigenvalue weighted by Crippen LogP contribution is 2.26. The molecule has 0 aromatic carbocycles. The summed E-state index contributed by atoms with van der Waals surface area (Å²) in [7, 11) is 0. The standard InChI is InChI=1S/C17H21N3O/c1-2-12-5-7-13(8-6-12)20-17(21)14-9-11-18-15-4-3-10-19-16(14)15/h3-4,9-13H,2,5-8H2,1H3,(H,20,21). The lowest BCUT2D eigenvalue weighted by Crippen LogP contribution is -2.37. The molecule has 0 saturated heterocycles. The summed E-state index contributed by atoms with van der Waals surface area (Å²) in [6.45, 7) is 2.25. The van der Waals surface area contributed by atoms with Gasteiger partial charge in [0.15, 0.2) is 0 Å². The lowest BCUT2D eigenvalue weighted by atomic mass is 9.84. The molecule has 4 heteroatoms. The number of nitrogens with one attached hydrogen (secondary N) is 1. The largest absolute Gasteiger partial charge is 0.349 e. The second kappa shape index (κ2) is 6.20. The van der Waals surface area contributed by atoms with Gasteiger partial charge in [-0.05, 0) is 49.8 Å². The molecule has 0 atom stereocenters. The zero-order valence-corrected chi connectivity index (χ0v) is 12.4. The number of pyridine rings is 2. The fraction of sp³-hybridized carbons (Fsp3) is 0.471. The molecule has 1 saturated carbocycles. The van der Waals surface area contributed by atoms with Gasteiger partial charge in [0.05, 0.1) is 11.1 Å². The zero-order chi connectivity index (χ0) is 14.7. The third-order valence-corrected chi connectivity index (χ3v) is 4.50. The Labute approximate surface area is 125 Å². The van der Waals surface area contributed by atoms with E-state index >= 15 is 0 Å². The molecule has 21 heavy (non-hydrogen) atoms. The van der Waals surface area contributed by atoms with Crippen LogP contribution < -0.4 is 5.32 Å². The Balaban J connectivity index is 1.73. The number of aromatic nitrogens is 2. The van der Waals surface area contributed by atoms with Crippen LogP contribution in [0.3, 0.4) is 0 Å². The van der Waals surface area contributed by atoms with Crippen molar-refractivity contribution >= 4 is 16.9 Å². The van der Waals surface area contributed by atoms with Crippen LogP contribution in [0, 0.1) is 5.92 Å². The van der Waals surface area contributed by atoms with Gasteiger partial charge in [-0.1, -0.05) is 13.3 Å². The summed E-state index contributed by atoms with van der Waals surface area (Å²) >= 11 is 0. The van der Waals surface area contributed by atoms with E-state index < -0.39 is 0 Å². The minimum absolute atomic E-state index is 0.0268. The van der Waals surface area contributed by atoms with Gasteiger partial charge in [0.1, 0.15) is 5.52 Å². The molecule has 110 valence electrons. The first kappa shape index (κ1) is 14.0. The first-order valence-corrected chi connectivity index (χ1v) is 7.78. The summed E-state index contributed by atoms with van der Waals surface area (Å²) in [5.41, 5.74) is 2.07. The Bertz CT molecular complexity index is 627. The highest BCUT2D eigenvalue weighted by molar-refractivity contribution is 6.04. The number of nitrogens with zero attached hydrogens (tertiary/aromatic N) is 2. The fourth-order valence-corrected chi connectivity index (χ4v) is 3.14. The van der Waals surface area contributed by atoms with Gasteiger partial charge in [-0.2, -0.15) is 0 Å².